The van der Waals surface area contributed by atoms with Gasteiger partial charge in [0, 0.05) is 79.6 Å². The Labute approximate surface area is 555 Å². The smallest absolute Gasteiger partial charge is 0.329 e. The number of pyridine rings is 2. The molecule has 3 aliphatic heterocycles. The second kappa shape index (κ2) is 34.4. The molecule has 3 saturated heterocycles. The average molecular weight is 1300 g/mol. The molecule has 3 aliphatic rings. The largest absolute Gasteiger partial charge is 0.451 e. The lowest BCUT2D eigenvalue weighted by Gasteiger charge is -2.35. The number of esters is 4. The molecule has 0 radical (unpaired) electrons. The monoisotopic (exact) mass is 1300 g/mol. The predicted octanol–water partition coefficient (Wildman–Crippen LogP) is 7.31. The Bertz CT molecular complexity index is 2970. The summed E-state index contributed by atoms with van der Waals surface area (Å²) < 4.78 is 35.6. The van der Waals surface area contributed by atoms with Gasteiger partial charge in [-0.2, -0.15) is 0 Å². The summed E-state index contributed by atoms with van der Waals surface area (Å²) in [5, 5.41) is 0. The first kappa shape index (κ1) is 73.4. The van der Waals surface area contributed by atoms with Crippen LogP contribution in [0.15, 0.2) is 85.2 Å². The summed E-state index contributed by atoms with van der Waals surface area (Å²) in [6.45, 7) is 23.1. The van der Waals surface area contributed by atoms with E-state index in [1.807, 2.05) is 116 Å². The lowest BCUT2D eigenvalue weighted by molar-refractivity contribution is -0.176. The van der Waals surface area contributed by atoms with Crippen LogP contribution in [0.1, 0.15) is 128 Å². The van der Waals surface area contributed by atoms with Crippen molar-refractivity contribution in [2.45, 2.75) is 169 Å². The number of aromatic nitrogens is 2. The molecule has 2 aromatic heterocycles. The molecule has 0 saturated carbocycles. The highest BCUT2D eigenvalue weighted by Crippen LogP contribution is 2.27. The van der Waals surface area contributed by atoms with Crippen molar-refractivity contribution in [2.75, 3.05) is 90.6 Å². The molecule has 4 aromatic rings. The maximum Gasteiger partial charge on any atom is 0.329 e. The van der Waals surface area contributed by atoms with Gasteiger partial charge in [-0.05, 0) is 134 Å². The fourth-order valence-corrected chi connectivity index (χ4v) is 12.0. The molecule has 0 N–H and O–H groups in total. The van der Waals surface area contributed by atoms with Crippen molar-refractivity contribution < 1.29 is 66.8 Å². The lowest BCUT2D eigenvalue weighted by atomic mass is 9.99. The van der Waals surface area contributed by atoms with Gasteiger partial charge in [0.05, 0.1) is 26.4 Å². The van der Waals surface area contributed by atoms with Crippen LogP contribution in [0.4, 0.5) is 11.6 Å². The summed E-state index contributed by atoms with van der Waals surface area (Å²) in [6.07, 6.45) is -1.31. The van der Waals surface area contributed by atoms with E-state index in [4.69, 9.17) is 28.4 Å². The summed E-state index contributed by atoms with van der Waals surface area (Å²) in [5.41, 5.74) is 5.28. The first-order valence-corrected chi connectivity index (χ1v) is 33.3. The molecule has 22 heteroatoms. The minimum absolute atomic E-state index is 0.0765. The molecule has 22 nitrogen and oxygen atoms in total. The van der Waals surface area contributed by atoms with Gasteiger partial charge in [0.25, 0.3) is 23.6 Å². The molecule has 3 fully saturated rings. The third kappa shape index (κ3) is 20.5. The summed E-state index contributed by atoms with van der Waals surface area (Å²) in [5.74, 6) is -5.74. The first-order valence-electron chi connectivity index (χ1n) is 33.3. The van der Waals surface area contributed by atoms with E-state index in [2.05, 4.69) is 31.9 Å². The van der Waals surface area contributed by atoms with E-state index < -0.39 is 96.1 Å². The van der Waals surface area contributed by atoms with Crippen LogP contribution in [0.3, 0.4) is 0 Å². The highest BCUT2D eigenvalue weighted by Gasteiger charge is 2.43. The second-order valence-corrected chi connectivity index (χ2v) is 27.0. The molecule has 0 bridgehead atoms. The normalized spacial score (nSPS) is 23.5. The zero-order valence-corrected chi connectivity index (χ0v) is 57.6. The molecule has 0 aliphatic carbocycles. The maximum atomic E-state index is 15.2. The van der Waals surface area contributed by atoms with Gasteiger partial charge in [-0.15, -0.1) is 0 Å². The van der Waals surface area contributed by atoms with E-state index in [0.29, 0.717) is 50.4 Å². The Morgan fingerprint density at radius 1 is 0.383 bits per heavy atom. The van der Waals surface area contributed by atoms with Crippen molar-refractivity contribution in [3.63, 3.8) is 0 Å². The third-order valence-corrected chi connectivity index (χ3v) is 17.5. The maximum absolute atomic E-state index is 15.2. The van der Waals surface area contributed by atoms with Crippen LogP contribution in [-0.4, -0.2) is 206 Å². The van der Waals surface area contributed by atoms with Crippen molar-refractivity contribution >= 4 is 59.1 Å². The number of likely N-dealkylation sites (N-methyl/N-ethyl adjacent to an activating group) is 4. The highest BCUT2D eigenvalue weighted by molar-refractivity contribution is 5.94. The van der Waals surface area contributed by atoms with Crippen molar-refractivity contribution in [1.29, 1.82) is 0 Å². The number of amides is 4. The molecule has 7 rings (SSSR count). The second-order valence-electron chi connectivity index (χ2n) is 27.0. The van der Waals surface area contributed by atoms with Crippen molar-refractivity contribution in [2.24, 2.45) is 23.7 Å². The molecule has 0 unspecified atom stereocenters. The number of nitrogens with zero attached hydrogens (tertiary/aromatic N) is 8. The fourth-order valence-electron chi connectivity index (χ4n) is 12.0. The predicted molar refractivity (Wildman–Crippen MR) is 355 cm³/mol. The standard InChI is InChI=1S/C72H100N8O14/c1-45(2)35-57-69(85)91-49(9)65(81)75(11)60(38-48(7)8)72(88)94-62(42-54-21-17-52(18-22-54)40-56-24-26-74-64(44-56)80-29-33-90-34-30-80)68(84)78(14)58(36-46(3)4)70(86)92-50(10)66(82)76(12)59(37-47(5)6)71(87)93-61(67(83)77(57)13)41-53-19-15-51(16-20-53)39-55-23-25-73-63(43-55)79-27-31-89-32-28-79/h15-26,43-50,57-62H,27-42H2,1-14H3/t49-,50-,57+,58+,59+,60+,61-,62-/m1/s1. The number of carbonyl (C=O) groups excluding carboxylic acids is 8. The van der Waals surface area contributed by atoms with E-state index in [1.165, 1.54) is 51.8 Å². The molecule has 8 atom stereocenters. The van der Waals surface area contributed by atoms with Crippen LogP contribution in [-0.2, 0) is 92.5 Å². The van der Waals surface area contributed by atoms with E-state index in [1.54, 1.807) is 12.4 Å². The molecule has 0 spiro atoms. The Balaban J connectivity index is 1.22. The molecule has 2 aromatic carbocycles. The van der Waals surface area contributed by atoms with Crippen molar-refractivity contribution in [3.05, 3.63) is 119 Å². The molecular weight excluding hydrogens is 1200 g/mol. The van der Waals surface area contributed by atoms with Crippen LogP contribution >= 0.6 is 0 Å². The van der Waals surface area contributed by atoms with Gasteiger partial charge in [0.15, 0.2) is 24.4 Å². The van der Waals surface area contributed by atoms with Gasteiger partial charge < -0.3 is 57.8 Å². The number of cyclic esters (lactones) is 4. The number of rotatable bonds is 18. The van der Waals surface area contributed by atoms with Crippen LogP contribution in [0.5, 0.6) is 0 Å². The van der Waals surface area contributed by atoms with E-state index in [-0.39, 0.29) is 62.2 Å². The Hall–Kier alpha value is -7.98. The van der Waals surface area contributed by atoms with E-state index in [9.17, 15) is 28.8 Å². The molecular formula is C72H100N8O14. The quantitative estimate of drug-likeness (QED) is 0.0701. The zero-order valence-electron chi connectivity index (χ0n) is 57.6. The Kier molecular flexibility index (Phi) is 26.9. The summed E-state index contributed by atoms with van der Waals surface area (Å²) in [4.78, 5) is 137. The molecule has 512 valence electrons. The number of anilines is 2. The van der Waals surface area contributed by atoms with Gasteiger partial charge >= 0.3 is 23.9 Å². The topological polar surface area (TPSA) is 237 Å². The van der Waals surface area contributed by atoms with Crippen LogP contribution in [0.25, 0.3) is 0 Å². The zero-order chi connectivity index (χ0) is 68.5. The van der Waals surface area contributed by atoms with Crippen LogP contribution in [0, 0.1) is 23.7 Å². The minimum atomic E-state index is -1.55. The molecule has 4 amide bonds. The van der Waals surface area contributed by atoms with E-state index >= 15 is 9.59 Å². The van der Waals surface area contributed by atoms with Crippen molar-refractivity contribution in [1.82, 2.24) is 29.6 Å². The highest BCUT2D eigenvalue weighted by atomic mass is 16.6. The number of morpholine rings is 2. The van der Waals surface area contributed by atoms with Gasteiger partial charge in [0.1, 0.15) is 35.8 Å². The third-order valence-electron chi connectivity index (χ3n) is 17.5. The number of hydrogen-bond acceptors (Lipinski definition) is 18. The summed E-state index contributed by atoms with van der Waals surface area (Å²) in [6, 6.07) is 18.0. The Morgan fingerprint density at radius 3 is 0.957 bits per heavy atom. The lowest BCUT2D eigenvalue weighted by Crippen LogP contribution is -2.55. The number of ether oxygens (including phenoxy) is 6. The van der Waals surface area contributed by atoms with Gasteiger partial charge in [0.2, 0.25) is 0 Å². The van der Waals surface area contributed by atoms with Crippen LogP contribution < -0.4 is 9.80 Å². The summed E-state index contributed by atoms with van der Waals surface area (Å²) in [7, 11) is 5.62. The van der Waals surface area contributed by atoms with Crippen molar-refractivity contribution in [3.8, 4) is 0 Å². The molecule has 5 heterocycles. The summed E-state index contributed by atoms with van der Waals surface area (Å²) >= 11 is 0. The van der Waals surface area contributed by atoms with Gasteiger partial charge in [-0.3, -0.25) is 19.2 Å². The van der Waals surface area contributed by atoms with Gasteiger partial charge in [-0.25, -0.2) is 29.1 Å². The average Bonchev–Trinajstić information content (AvgIpc) is 0.930. The Morgan fingerprint density at radius 2 is 0.660 bits per heavy atom. The number of carbonyl (C=O) groups is 8. The van der Waals surface area contributed by atoms with E-state index in [0.717, 1.165) is 69.9 Å². The fraction of sp³-hybridized carbons (Fsp3) is 0.583. The number of hydrogen-bond donors (Lipinski definition) is 0. The first-order chi connectivity index (χ1) is 44.7. The van der Waals surface area contributed by atoms with Crippen LogP contribution in [0.2, 0.25) is 0 Å². The SMILES string of the molecule is CC(C)C[C@H]1C(=O)O[C@H](Cc2ccc(Cc3ccnc(N4CCOCC4)c3)cc2)C(=O)N(C)[C@@H](CC(C)C)C(=O)O[C@H](C)C(=O)N(C)[C@@H](CC(C)C)C(=O)O[C@H](Cc2ccc(Cc3ccnc(N4CCOCC4)c3)cc2)C(=O)N(C)[C@@H](CC(C)C)C(=O)O[C@H](C)C(=O)N1C. The molecule has 94 heavy (non-hydrogen) atoms. The van der Waals surface area contributed by atoms with Gasteiger partial charge in [-0.1, -0.05) is 104 Å². The minimum Gasteiger partial charge on any atom is -0.451 e. The number of benzene rings is 2.